The molecule has 4 nitrogen and oxygen atoms in total. The Bertz CT molecular complexity index is 671. The molecule has 2 heterocycles. The molecule has 0 radical (unpaired) electrons. The monoisotopic (exact) mass is 220 g/mol. The second kappa shape index (κ2) is 2.84. The zero-order chi connectivity index (χ0) is 10.4. The predicted molar refractivity (Wildman–Crippen MR) is 53.8 cm³/mol. The van der Waals surface area contributed by atoms with Crippen LogP contribution in [0.25, 0.3) is 22.4 Å². The summed E-state index contributed by atoms with van der Waals surface area (Å²) in [6.45, 7) is 0. The normalized spacial score (nSPS) is 11.3. The Labute approximate surface area is 88.9 Å². The van der Waals surface area contributed by atoms with E-state index in [4.69, 9.17) is 26.0 Å². The van der Waals surface area contributed by atoms with Gasteiger partial charge in [-0.25, -0.2) is 0 Å². The van der Waals surface area contributed by atoms with Crippen LogP contribution in [-0.2, 0) is 0 Å². The van der Waals surface area contributed by atoms with Gasteiger partial charge in [0.15, 0.2) is 0 Å². The maximum atomic E-state index is 7.45. The van der Waals surface area contributed by atoms with Gasteiger partial charge in [0.2, 0.25) is 0 Å². The summed E-state index contributed by atoms with van der Waals surface area (Å²) in [5.74, 6) is 0.329. The van der Waals surface area contributed by atoms with Crippen LogP contribution in [-0.4, -0.2) is 5.16 Å². The second-order valence-corrected chi connectivity index (χ2v) is 3.60. The molecule has 0 aliphatic carbocycles. The number of halogens is 1. The smallest absolute Gasteiger partial charge is 0.269 e. The van der Waals surface area contributed by atoms with Crippen molar-refractivity contribution in [3.8, 4) is 11.5 Å². The molecule has 0 aromatic heterocycles. The summed E-state index contributed by atoms with van der Waals surface area (Å²) < 4.78 is 10.1. The number of hydrogen-bond acceptors (Lipinski definition) is 4. The van der Waals surface area contributed by atoms with E-state index < -0.39 is 0 Å². The van der Waals surface area contributed by atoms with E-state index in [1.165, 1.54) is 0 Å². The van der Waals surface area contributed by atoms with E-state index in [0.717, 1.165) is 5.39 Å². The third kappa shape index (κ3) is 1.22. The van der Waals surface area contributed by atoms with Gasteiger partial charge in [-0.2, -0.15) is 0 Å². The zero-order valence-corrected chi connectivity index (χ0v) is 8.21. The summed E-state index contributed by atoms with van der Waals surface area (Å²) in [5.41, 5.74) is 1.21. The molecule has 5 heteroatoms. The number of hydrogen-bond donors (Lipinski definition) is 1. The average Bonchev–Trinajstić information content (AvgIpc) is 2.57. The molecule has 0 saturated heterocycles. The molecule has 15 heavy (non-hydrogen) atoms. The van der Waals surface area contributed by atoms with Crippen LogP contribution in [0.3, 0.4) is 0 Å². The minimum absolute atomic E-state index is 0.00405. The zero-order valence-electron chi connectivity index (χ0n) is 7.45. The molecule has 0 amide bonds. The van der Waals surface area contributed by atoms with Gasteiger partial charge in [0.25, 0.3) is 11.4 Å². The van der Waals surface area contributed by atoms with Crippen LogP contribution >= 0.6 is 11.6 Å². The van der Waals surface area contributed by atoms with Crippen LogP contribution < -0.4 is 5.55 Å². The molecule has 0 fully saturated rings. The maximum Gasteiger partial charge on any atom is 0.269 e. The van der Waals surface area contributed by atoms with Crippen molar-refractivity contribution in [2.24, 2.45) is 0 Å². The lowest BCUT2D eigenvalue weighted by Gasteiger charge is -1.99. The Balaban J connectivity index is 2.51. The highest BCUT2D eigenvalue weighted by Crippen LogP contribution is 2.26. The largest absolute Gasteiger partial charge is 0.435 e. The fraction of sp³-hybridized carbons (Fsp3) is 0. The molecular formula is C10H5ClN2O2. The van der Waals surface area contributed by atoms with Gasteiger partial charge in [-0.15, -0.1) is 0 Å². The van der Waals surface area contributed by atoms with E-state index in [-0.39, 0.29) is 5.55 Å². The van der Waals surface area contributed by atoms with E-state index in [0.29, 0.717) is 22.1 Å². The van der Waals surface area contributed by atoms with E-state index in [1.807, 2.05) is 0 Å². The van der Waals surface area contributed by atoms with E-state index >= 15 is 0 Å². The van der Waals surface area contributed by atoms with Crippen LogP contribution in [0, 0.1) is 5.41 Å². The molecule has 0 bridgehead atoms. The van der Waals surface area contributed by atoms with Gasteiger partial charge in [-0.1, -0.05) is 11.6 Å². The summed E-state index contributed by atoms with van der Waals surface area (Å²) in [4.78, 5) is 0. The van der Waals surface area contributed by atoms with E-state index in [1.54, 1.807) is 24.3 Å². The first-order valence-electron chi connectivity index (χ1n) is 4.27. The lowest BCUT2D eigenvalue weighted by Crippen LogP contribution is -1.94. The summed E-state index contributed by atoms with van der Waals surface area (Å²) in [5, 5.41) is 12.5. The van der Waals surface area contributed by atoms with Crippen molar-refractivity contribution in [2.45, 2.75) is 0 Å². The highest BCUT2D eigenvalue weighted by Gasteiger charge is 2.14. The first-order valence-corrected chi connectivity index (χ1v) is 4.65. The highest BCUT2D eigenvalue weighted by atomic mass is 35.5. The second-order valence-electron chi connectivity index (χ2n) is 3.16. The van der Waals surface area contributed by atoms with Gasteiger partial charge in [0, 0.05) is 10.4 Å². The Hall–Kier alpha value is -1.81. The molecule has 2 aliphatic heterocycles. The Morgan fingerprint density at radius 2 is 2.13 bits per heavy atom. The van der Waals surface area contributed by atoms with Crippen molar-refractivity contribution in [1.82, 2.24) is 5.16 Å². The minimum atomic E-state index is -0.00405. The first-order chi connectivity index (χ1) is 7.24. The van der Waals surface area contributed by atoms with Gasteiger partial charge >= 0.3 is 0 Å². The molecule has 0 saturated carbocycles. The number of rotatable bonds is 0. The van der Waals surface area contributed by atoms with Crippen molar-refractivity contribution in [3.63, 3.8) is 0 Å². The van der Waals surface area contributed by atoms with Gasteiger partial charge in [0.1, 0.15) is 11.1 Å². The lowest BCUT2D eigenvalue weighted by atomic mass is 10.2. The summed E-state index contributed by atoms with van der Waals surface area (Å²) >= 11 is 5.86. The van der Waals surface area contributed by atoms with Crippen molar-refractivity contribution < 1.29 is 8.94 Å². The van der Waals surface area contributed by atoms with Crippen LogP contribution in [0.15, 0.2) is 33.2 Å². The van der Waals surface area contributed by atoms with Gasteiger partial charge in [-0.05, 0) is 29.4 Å². The Morgan fingerprint density at radius 3 is 3.00 bits per heavy atom. The van der Waals surface area contributed by atoms with Crippen LogP contribution in [0.4, 0.5) is 0 Å². The van der Waals surface area contributed by atoms with Crippen molar-refractivity contribution in [2.75, 3.05) is 0 Å². The maximum absolute atomic E-state index is 7.45. The summed E-state index contributed by atoms with van der Waals surface area (Å²) in [7, 11) is 0. The minimum Gasteiger partial charge on any atom is -0.435 e. The number of benzene rings is 1. The van der Waals surface area contributed by atoms with Gasteiger partial charge in [0.05, 0.1) is 0 Å². The number of nitrogens with zero attached hydrogens (tertiary/aromatic N) is 1. The molecule has 1 aromatic carbocycles. The molecule has 0 spiro atoms. The van der Waals surface area contributed by atoms with Crippen molar-refractivity contribution in [1.29, 1.82) is 5.41 Å². The number of aromatic nitrogens is 1. The molecule has 3 rings (SSSR count). The molecule has 74 valence electrons. The van der Waals surface area contributed by atoms with E-state index in [9.17, 15) is 0 Å². The number of fused-ring (bicyclic) bond motifs is 2. The van der Waals surface area contributed by atoms with Crippen LogP contribution in [0.2, 0.25) is 5.02 Å². The third-order valence-electron chi connectivity index (χ3n) is 2.17. The molecule has 0 unspecified atom stereocenters. The van der Waals surface area contributed by atoms with E-state index in [2.05, 4.69) is 5.16 Å². The Kier molecular flexibility index (Phi) is 1.61. The fourth-order valence-electron chi connectivity index (χ4n) is 1.47. The van der Waals surface area contributed by atoms with Crippen LogP contribution in [0.5, 0.6) is 0 Å². The molecular weight excluding hydrogens is 216 g/mol. The Morgan fingerprint density at radius 1 is 1.27 bits per heavy atom. The van der Waals surface area contributed by atoms with Gasteiger partial charge in [-0.3, -0.25) is 5.41 Å². The first kappa shape index (κ1) is 8.49. The van der Waals surface area contributed by atoms with Crippen LogP contribution in [0.1, 0.15) is 0 Å². The van der Waals surface area contributed by atoms with Gasteiger partial charge < -0.3 is 8.94 Å². The molecule has 1 aromatic rings. The summed E-state index contributed by atoms with van der Waals surface area (Å²) in [6.07, 6.45) is 0. The lowest BCUT2D eigenvalue weighted by molar-refractivity contribution is 0.368. The quantitative estimate of drug-likeness (QED) is 0.634. The fourth-order valence-corrected chi connectivity index (χ4v) is 1.65. The number of nitrogens with one attached hydrogen (secondary N) is 1. The standard InChI is InChI=1S/C10H5ClN2O2/c11-6-1-2-8-5(3-6)4-7-9(12)15-13-10(7)14-8/h1-4,12H. The predicted octanol–water partition coefficient (Wildman–Crippen LogP) is 2.66. The third-order valence-corrected chi connectivity index (χ3v) is 2.41. The van der Waals surface area contributed by atoms with Crippen molar-refractivity contribution >= 4 is 22.6 Å². The molecule has 0 atom stereocenters. The average molecular weight is 221 g/mol. The summed E-state index contributed by atoms with van der Waals surface area (Å²) in [6, 6.07) is 7.04. The van der Waals surface area contributed by atoms with Crippen molar-refractivity contribution in [3.05, 3.63) is 34.8 Å². The highest BCUT2D eigenvalue weighted by molar-refractivity contribution is 6.31. The molecule has 1 N–H and O–H groups in total. The SMILES string of the molecule is N=c1onc2oc3ccc(Cl)cc3cc1-2. The topological polar surface area (TPSA) is 63.0 Å². The molecule has 2 aliphatic rings.